The van der Waals surface area contributed by atoms with E-state index < -0.39 is 5.97 Å². The second-order valence-electron chi connectivity index (χ2n) is 6.51. The number of aryl methyl sites for hydroxylation is 3. The molecule has 0 aliphatic carbocycles. The first kappa shape index (κ1) is 15.4. The standard InChI is InChI=1S/C21H18N2O2/c1-12-8-13(2)19-16(9-12)17(21(24)25)11-18(22-19)20-14(3)10-15-6-4-5-7-23(15)20/h4-11H,1-3H3,(H,24,25). The lowest BCUT2D eigenvalue weighted by atomic mass is 10.0. The Bertz CT molecular complexity index is 1160. The summed E-state index contributed by atoms with van der Waals surface area (Å²) in [4.78, 5) is 16.7. The number of rotatable bonds is 2. The number of aromatic carboxylic acids is 1. The van der Waals surface area contributed by atoms with Gasteiger partial charge in [-0.1, -0.05) is 17.7 Å². The van der Waals surface area contributed by atoms with Crippen LogP contribution in [0.15, 0.2) is 48.7 Å². The molecule has 0 bridgehead atoms. The fourth-order valence-corrected chi connectivity index (χ4v) is 3.56. The highest BCUT2D eigenvalue weighted by atomic mass is 16.4. The van der Waals surface area contributed by atoms with E-state index in [0.29, 0.717) is 11.1 Å². The van der Waals surface area contributed by atoms with E-state index in [9.17, 15) is 9.90 Å². The number of hydrogen-bond acceptors (Lipinski definition) is 2. The first-order valence-electron chi connectivity index (χ1n) is 8.18. The van der Waals surface area contributed by atoms with Crippen LogP contribution in [0.3, 0.4) is 0 Å². The summed E-state index contributed by atoms with van der Waals surface area (Å²) in [6, 6.07) is 13.7. The minimum absolute atomic E-state index is 0.289. The second kappa shape index (κ2) is 5.45. The van der Waals surface area contributed by atoms with Crippen LogP contribution in [0.4, 0.5) is 0 Å². The molecular formula is C21H18N2O2. The second-order valence-corrected chi connectivity index (χ2v) is 6.51. The van der Waals surface area contributed by atoms with Crippen molar-refractivity contribution in [2.24, 2.45) is 0 Å². The smallest absolute Gasteiger partial charge is 0.336 e. The summed E-state index contributed by atoms with van der Waals surface area (Å²) in [5, 5.41) is 10.4. The van der Waals surface area contributed by atoms with Gasteiger partial charge in [0.15, 0.2) is 0 Å². The molecule has 1 aromatic carbocycles. The predicted octanol–water partition coefficient (Wildman–Crippen LogP) is 4.78. The van der Waals surface area contributed by atoms with E-state index in [1.807, 2.05) is 57.3 Å². The van der Waals surface area contributed by atoms with Crippen LogP contribution in [0.5, 0.6) is 0 Å². The molecule has 0 saturated carbocycles. The largest absolute Gasteiger partial charge is 0.478 e. The number of benzene rings is 1. The molecule has 0 spiro atoms. The number of fused-ring (bicyclic) bond motifs is 2. The third-order valence-corrected chi connectivity index (χ3v) is 4.59. The Morgan fingerprint density at radius 1 is 1.04 bits per heavy atom. The van der Waals surface area contributed by atoms with Crippen LogP contribution in [-0.2, 0) is 0 Å². The minimum atomic E-state index is -0.933. The molecule has 4 rings (SSSR count). The van der Waals surface area contributed by atoms with Crippen LogP contribution in [0.1, 0.15) is 27.0 Å². The average molecular weight is 330 g/mol. The molecule has 0 amide bonds. The Hall–Kier alpha value is -3.14. The van der Waals surface area contributed by atoms with Crippen LogP contribution in [-0.4, -0.2) is 20.5 Å². The zero-order valence-corrected chi connectivity index (χ0v) is 14.4. The maximum absolute atomic E-state index is 11.9. The topological polar surface area (TPSA) is 54.6 Å². The molecule has 0 aliphatic heterocycles. The Kier molecular flexibility index (Phi) is 3.35. The normalized spacial score (nSPS) is 11.3. The molecule has 0 saturated heterocycles. The third kappa shape index (κ3) is 2.38. The van der Waals surface area contributed by atoms with Gasteiger partial charge in [-0.3, -0.25) is 0 Å². The van der Waals surface area contributed by atoms with Gasteiger partial charge in [0.2, 0.25) is 0 Å². The number of nitrogens with zero attached hydrogens (tertiary/aromatic N) is 2. The lowest BCUT2D eigenvalue weighted by Crippen LogP contribution is -2.03. The summed E-state index contributed by atoms with van der Waals surface area (Å²) in [5.74, 6) is -0.933. The molecule has 0 fully saturated rings. The Balaban J connectivity index is 2.12. The molecule has 0 atom stereocenters. The Morgan fingerprint density at radius 3 is 2.60 bits per heavy atom. The number of hydrogen-bond donors (Lipinski definition) is 1. The first-order chi connectivity index (χ1) is 12.0. The van der Waals surface area contributed by atoms with Crippen molar-refractivity contribution >= 4 is 22.4 Å². The molecule has 3 aromatic heterocycles. The van der Waals surface area contributed by atoms with Gasteiger partial charge in [-0.2, -0.15) is 0 Å². The van der Waals surface area contributed by atoms with Crippen LogP contribution in [0.25, 0.3) is 27.8 Å². The SMILES string of the molecule is Cc1cc(C)c2nc(-c3c(C)cc4ccccn34)cc(C(=O)O)c2c1. The van der Waals surface area contributed by atoms with Crippen molar-refractivity contribution in [3.63, 3.8) is 0 Å². The van der Waals surface area contributed by atoms with Crippen molar-refractivity contribution < 1.29 is 9.90 Å². The van der Waals surface area contributed by atoms with Crippen molar-refractivity contribution in [3.8, 4) is 11.4 Å². The van der Waals surface area contributed by atoms with E-state index in [1.165, 1.54) is 0 Å². The summed E-state index contributed by atoms with van der Waals surface area (Å²) >= 11 is 0. The molecular weight excluding hydrogens is 312 g/mol. The number of carboxylic acid groups (broad SMARTS) is 1. The summed E-state index contributed by atoms with van der Waals surface area (Å²) in [7, 11) is 0. The van der Waals surface area contributed by atoms with Gasteiger partial charge in [0, 0.05) is 17.1 Å². The highest BCUT2D eigenvalue weighted by Gasteiger charge is 2.17. The van der Waals surface area contributed by atoms with Crippen molar-refractivity contribution in [2.75, 3.05) is 0 Å². The van der Waals surface area contributed by atoms with Crippen molar-refractivity contribution in [3.05, 3.63) is 70.9 Å². The minimum Gasteiger partial charge on any atom is -0.478 e. The average Bonchev–Trinajstić information content (AvgIpc) is 2.89. The molecule has 4 nitrogen and oxygen atoms in total. The molecule has 1 N–H and O–H groups in total. The van der Waals surface area contributed by atoms with Crippen LogP contribution < -0.4 is 0 Å². The quantitative estimate of drug-likeness (QED) is 0.575. The Morgan fingerprint density at radius 2 is 1.84 bits per heavy atom. The summed E-state index contributed by atoms with van der Waals surface area (Å²) in [6.45, 7) is 5.97. The van der Waals surface area contributed by atoms with Gasteiger partial charge >= 0.3 is 5.97 Å². The number of carboxylic acids is 1. The number of pyridine rings is 2. The van der Waals surface area contributed by atoms with E-state index in [1.54, 1.807) is 6.07 Å². The van der Waals surface area contributed by atoms with E-state index in [-0.39, 0.29) is 5.56 Å². The summed E-state index contributed by atoms with van der Waals surface area (Å²) in [6.07, 6.45) is 1.98. The molecule has 25 heavy (non-hydrogen) atoms. The molecule has 4 heteroatoms. The molecule has 0 aliphatic rings. The van der Waals surface area contributed by atoms with Crippen LogP contribution >= 0.6 is 0 Å². The molecule has 3 heterocycles. The highest BCUT2D eigenvalue weighted by Crippen LogP contribution is 2.31. The van der Waals surface area contributed by atoms with Crippen molar-refractivity contribution in [1.29, 1.82) is 0 Å². The van der Waals surface area contributed by atoms with Crippen LogP contribution in [0, 0.1) is 20.8 Å². The summed E-state index contributed by atoms with van der Waals surface area (Å²) in [5.41, 5.74) is 6.79. The van der Waals surface area contributed by atoms with Crippen LogP contribution in [0.2, 0.25) is 0 Å². The van der Waals surface area contributed by atoms with E-state index in [2.05, 4.69) is 10.5 Å². The van der Waals surface area contributed by atoms with E-state index in [4.69, 9.17) is 4.98 Å². The molecule has 0 unspecified atom stereocenters. The maximum atomic E-state index is 11.9. The van der Waals surface area contributed by atoms with E-state index in [0.717, 1.165) is 33.4 Å². The lowest BCUT2D eigenvalue weighted by molar-refractivity contribution is 0.0699. The monoisotopic (exact) mass is 330 g/mol. The van der Waals surface area contributed by atoms with Crippen molar-refractivity contribution in [2.45, 2.75) is 20.8 Å². The Labute approximate surface area is 145 Å². The highest BCUT2D eigenvalue weighted by molar-refractivity contribution is 6.04. The number of aromatic nitrogens is 2. The predicted molar refractivity (Wildman–Crippen MR) is 99.3 cm³/mol. The van der Waals surface area contributed by atoms with Gasteiger partial charge in [-0.25, -0.2) is 9.78 Å². The first-order valence-corrected chi connectivity index (χ1v) is 8.18. The zero-order valence-electron chi connectivity index (χ0n) is 14.4. The van der Waals surface area contributed by atoms with Gasteiger partial charge in [0.1, 0.15) is 0 Å². The molecule has 4 aromatic rings. The van der Waals surface area contributed by atoms with Gasteiger partial charge < -0.3 is 9.51 Å². The van der Waals surface area contributed by atoms with E-state index >= 15 is 0 Å². The summed E-state index contributed by atoms with van der Waals surface area (Å²) < 4.78 is 2.05. The molecule has 124 valence electrons. The zero-order chi connectivity index (χ0) is 17.7. The maximum Gasteiger partial charge on any atom is 0.336 e. The fourth-order valence-electron chi connectivity index (χ4n) is 3.56. The number of carbonyl (C=O) groups is 1. The third-order valence-electron chi connectivity index (χ3n) is 4.59. The van der Waals surface area contributed by atoms with Gasteiger partial charge in [0.25, 0.3) is 0 Å². The lowest BCUT2D eigenvalue weighted by Gasteiger charge is -2.11. The van der Waals surface area contributed by atoms with Gasteiger partial charge in [0.05, 0.1) is 22.5 Å². The van der Waals surface area contributed by atoms with Gasteiger partial charge in [-0.15, -0.1) is 0 Å². The fraction of sp³-hybridized carbons (Fsp3) is 0.143. The molecule has 0 radical (unpaired) electrons. The van der Waals surface area contributed by atoms with Gasteiger partial charge in [-0.05, 0) is 62.2 Å². The van der Waals surface area contributed by atoms with Crippen molar-refractivity contribution in [1.82, 2.24) is 9.38 Å².